The lowest BCUT2D eigenvalue weighted by Gasteiger charge is -2.36. The topological polar surface area (TPSA) is 50.0 Å². The van der Waals surface area contributed by atoms with Gasteiger partial charge in [-0.3, -0.25) is 14.6 Å². The van der Waals surface area contributed by atoms with Gasteiger partial charge in [-0.2, -0.15) is 0 Å². The van der Waals surface area contributed by atoms with Gasteiger partial charge in [-0.1, -0.05) is 52.4 Å². The molecule has 0 unspecified atom stereocenters. The minimum absolute atomic E-state index is 0.0558. The average molecular weight is 420 g/mol. The van der Waals surface area contributed by atoms with E-state index in [9.17, 15) is 9.90 Å². The molecule has 1 aromatic rings. The number of aromatic hydroxyl groups is 1. The Morgan fingerprint density at radius 3 is 1.80 bits per heavy atom. The minimum atomic E-state index is 0.0558. The lowest BCUT2D eigenvalue weighted by atomic mass is 10.1. The van der Waals surface area contributed by atoms with Crippen molar-refractivity contribution in [1.82, 2.24) is 14.4 Å². The second-order valence-corrected chi connectivity index (χ2v) is 9.15. The van der Waals surface area contributed by atoms with E-state index in [-0.39, 0.29) is 11.2 Å². The van der Waals surface area contributed by atoms with Gasteiger partial charge in [0.05, 0.1) is 13.1 Å². The molecule has 0 bridgehead atoms. The molecule has 1 N–H and O–H groups in total. The summed E-state index contributed by atoms with van der Waals surface area (Å²) in [5.41, 5.74) is 0.623. The minimum Gasteiger partial charge on any atom is -0.501 e. The van der Waals surface area contributed by atoms with Gasteiger partial charge in [-0.15, -0.1) is 0 Å². The molecule has 0 saturated carbocycles. The van der Waals surface area contributed by atoms with Crippen LogP contribution in [0.2, 0.25) is 0 Å². The van der Waals surface area contributed by atoms with Gasteiger partial charge < -0.3 is 10.0 Å². The Balaban J connectivity index is 1.49. The van der Waals surface area contributed by atoms with Crippen LogP contribution in [-0.4, -0.2) is 80.4 Å². The molecule has 0 radical (unpaired) electrons. The summed E-state index contributed by atoms with van der Waals surface area (Å²) in [6.45, 7) is 14.1. The molecule has 0 aliphatic carbocycles. The molecular formula is C24H43N4O2+. The third-order valence-electron chi connectivity index (χ3n) is 6.91. The lowest BCUT2D eigenvalue weighted by molar-refractivity contribution is 0.216. The zero-order valence-corrected chi connectivity index (χ0v) is 19.4. The Hall–Kier alpha value is -1.40. The van der Waals surface area contributed by atoms with Crippen LogP contribution >= 0.6 is 0 Å². The van der Waals surface area contributed by atoms with E-state index in [0.717, 1.165) is 65.4 Å². The van der Waals surface area contributed by atoms with Gasteiger partial charge in [0.15, 0.2) is 13.1 Å². The van der Waals surface area contributed by atoms with Crippen LogP contribution in [0, 0.1) is 0 Å². The van der Waals surface area contributed by atoms with Crippen molar-refractivity contribution in [3.8, 4) is 5.75 Å². The summed E-state index contributed by atoms with van der Waals surface area (Å²) in [5, 5.41) is 11.3. The van der Waals surface area contributed by atoms with Gasteiger partial charge in [0.25, 0.3) is 10.8 Å². The van der Waals surface area contributed by atoms with E-state index in [1.807, 2.05) is 0 Å². The molecule has 6 heteroatoms. The van der Waals surface area contributed by atoms with Crippen LogP contribution in [0.15, 0.2) is 4.79 Å². The van der Waals surface area contributed by atoms with Gasteiger partial charge >= 0.3 is 0 Å². The van der Waals surface area contributed by atoms with Crippen molar-refractivity contribution < 1.29 is 5.11 Å². The zero-order valence-electron chi connectivity index (χ0n) is 19.4. The van der Waals surface area contributed by atoms with E-state index in [0.29, 0.717) is 11.0 Å². The highest BCUT2D eigenvalue weighted by Crippen LogP contribution is 2.22. The summed E-state index contributed by atoms with van der Waals surface area (Å²) in [4.78, 5) is 20.0. The second-order valence-electron chi connectivity index (χ2n) is 9.15. The van der Waals surface area contributed by atoms with Gasteiger partial charge in [-0.25, -0.2) is 4.58 Å². The molecular weight excluding hydrogens is 376 g/mol. The van der Waals surface area contributed by atoms with Gasteiger partial charge in [-0.05, 0) is 25.9 Å². The number of hydrogen-bond donors (Lipinski definition) is 1. The number of nitrogens with zero attached hydrogens (tertiary/aromatic N) is 4. The number of piperazine rings is 2. The molecule has 1 aromatic carbocycles. The molecule has 2 saturated heterocycles. The summed E-state index contributed by atoms with van der Waals surface area (Å²) in [5.74, 6) is 0.243. The Kier molecular flexibility index (Phi) is 9.19. The quantitative estimate of drug-likeness (QED) is 0.439. The van der Waals surface area contributed by atoms with Crippen LogP contribution in [0.1, 0.15) is 65.2 Å². The summed E-state index contributed by atoms with van der Waals surface area (Å²) >= 11 is 0. The Labute approximate surface area is 182 Å². The Morgan fingerprint density at radius 1 is 0.767 bits per heavy atom. The summed E-state index contributed by atoms with van der Waals surface area (Å²) in [7, 11) is 0. The fraction of sp³-hybridized carbons (Fsp3) is 0.833. The maximum absolute atomic E-state index is 12.9. The van der Waals surface area contributed by atoms with E-state index in [4.69, 9.17) is 0 Å². The molecule has 2 aliphatic rings. The van der Waals surface area contributed by atoms with Crippen molar-refractivity contribution in [3.05, 3.63) is 15.6 Å². The fourth-order valence-electron chi connectivity index (χ4n) is 4.88. The first-order chi connectivity index (χ1) is 14.7. The predicted molar refractivity (Wildman–Crippen MR) is 125 cm³/mol. The number of anilines is 1. The van der Waals surface area contributed by atoms with E-state index in [1.165, 1.54) is 51.4 Å². The first-order valence-corrected chi connectivity index (χ1v) is 12.5. The van der Waals surface area contributed by atoms with Crippen LogP contribution < -0.4 is 20.3 Å². The molecule has 2 fully saturated rings. The smallest absolute Gasteiger partial charge is 0.294 e. The maximum atomic E-state index is 12.9. The molecule has 170 valence electrons. The molecule has 0 aromatic heterocycles. The first-order valence-electron chi connectivity index (χ1n) is 12.5. The van der Waals surface area contributed by atoms with Gasteiger partial charge in [0.2, 0.25) is 5.75 Å². The SMILES string of the molecule is CCCCCCN1CCN(c2c(O)c(=[N+]3CCN(CCCCCC)CC3)c2=O)CC1. The maximum Gasteiger partial charge on any atom is 0.294 e. The Bertz CT molecular complexity index is 720. The van der Waals surface area contributed by atoms with Gasteiger partial charge in [0.1, 0.15) is 5.69 Å². The second kappa shape index (κ2) is 11.8. The van der Waals surface area contributed by atoms with Crippen molar-refractivity contribution in [1.29, 1.82) is 0 Å². The van der Waals surface area contributed by atoms with Crippen LogP contribution in [0.25, 0.3) is 0 Å². The van der Waals surface area contributed by atoms with E-state index in [1.54, 1.807) is 0 Å². The summed E-state index contributed by atoms with van der Waals surface area (Å²) < 4.78 is 2.10. The first kappa shape index (κ1) is 23.3. The molecule has 30 heavy (non-hydrogen) atoms. The third kappa shape index (κ3) is 5.85. The zero-order chi connectivity index (χ0) is 21.3. The number of unbranched alkanes of at least 4 members (excludes halogenated alkanes) is 6. The summed E-state index contributed by atoms with van der Waals surface area (Å²) in [6.07, 6.45) is 10.3. The average Bonchev–Trinajstić information content (AvgIpc) is 2.77. The number of hydrogen-bond acceptors (Lipinski definition) is 5. The van der Waals surface area contributed by atoms with Crippen LogP contribution in [0.4, 0.5) is 5.69 Å². The molecule has 3 rings (SSSR count). The van der Waals surface area contributed by atoms with Crippen LogP contribution in [0.5, 0.6) is 5.75 Å². The standard InChI is InChI=1S/C24H42N4O2/c1-3-5-7-9-11-25-13-17-27(18-14-25)21-23(29)22(24(21)30)28-19-15-26(16-20-28)12-10-8-6-4-2/h3-20H2,1-2H3/p+1. The highest BCUT2D eigenvalue weighted by Gasteiger charge is 2.33. The van der Waals surface area contributed by atoms with E-state index >= 15 is 0 Å². The molecule has 0 amide bonds. The van der Waals surface area contributed by atoms with Crippen molar-refractivity contribution in [2.45, 2.75) is 65.2 Å². The van der Waals surface area contributed by atoms with Crippen molar-refractivity contribution in [2.75, 3.05) is 70.3 Å². The highest BCUT2D eigenvalue weighted by molar-refractivity contribution is 5.63. The van der Waals surface area contributed by atoms with E-state index < -0.39 is 0 Å². The number of rotatable bonds is 11. The monoisotopic (exact) mass is 419 g/mol. The fourth-order valence-corrected chi connectivity index (χ4v) is 4.88. The molecule has 0 atom stereocenters. The molecule has 0 spiro atoms. The van der Waals surface area contributed by atoms with Crippen molar-refractivity contribution in [2.24, 2.45) is 0 Å². The summed E-state index contributed by atoms with van der Waals surface area (Å²) in [6, 6.07) is 0. The van der Waals surface area contributed by atoms with Crippen LogP contribution in [-0.2, 0) is 0 Å². The Morgan fingerprint density at radius 2 is 1.30 bits per heavy atom. The van der Waals surface area contributed by atoms with Crippen molar-refractivity contribution >= 4 is 5.69 Å². The third-order valence-corrected chi connectivity index (χ3v) is 6.91. The largest absolute Gasteiger partial charge is 0.501 e. The van der Waals surface area contributed by atoms with Crippen LogP contribution in [0.3, 0.4) is 0 Å². The van der Waals surface area contributed by atoms with Crippen molar-refractivity contribution in [3.63, 3.8) is 0 Å². The highest BCUT2D eigenvalue weighted by atomic mass is 16.3. The normalized spacial score (nSPS) is 19.1. The lowest BCUT2D eigenvalue weighted by Crippen LogP contribution is -2.56. The predicted octanol–water partition coefficient (Wildman–Crippen LogP) is 2.00. The molecule has 2 aliphatic heterocycles. The van der Waals surface area contributed by atoms with E-state index in [2.05, 4.69) is 33.1 Å². The van der Waals surface area contributed by atoms with Gasteiger partial charge in [0, 0.05) is 26.2 Å². The molecule has 2 heterocycles. The molecule has 6 nitrogen and oxygen atoms in total.